The molecular weight excluding hydrogens is 567 g/mol. The summed E-state index contributed by atoms with van der Waals surface area (Å²) in [7, 11) is 0. The fourth-order valence-corrected chi connectivity index (χ4v) is 2.99. The van der Waals surface area contributed by atoms with Gasteiger partial charge in [0, 0.05) is 12.8 Å². The fraction of sp³-hybridized carbons (Fsp3) is 0.947. The van der Waals surface area contributed by atoms with E-state index in [1.54, 1.807) is 0 Å². The lowest BCUT2D eigenvalue weighted by atomic mass is 9.87. The van der Waals surface area contributed by atoms with E-state index in [0.29, 0.717) is 44.8 Å². The predicted octanol–water partition coefficient (Wildman–Crippen LogP) is 9.10. The Morgan fingerprint density at radius 3 is 1.03 bits per heavy atom. The number of hydrogen-bond acceptors (Lipinski definition) is 1. The van der Waals surface area contributed by atoms with Crippen LogP contribution in [0.3, 0.4) is 0 Å². The van der Waals surface area contributed by atoms with Crippen LogP contribution in [0.4, 0.5) is 74.6 Å². The van der Waals surface area contributed by atoms with Gasteiger partial charge in [0.05, 0.1) is 0 Å². The van der Waals surface area contributed by atoms with Gasteiger partial charge in [0.2, 0.25) is 0 Å². The van der Waals surface area contributed by atoms with Crippen molar-refractivity contribution in [2.75, 3.05) is 0 Å². The lowest BCUT2D eigenvalue weighted by Crippen LogP contribution is -2.74. The van der Waals surface area contributed by atoms with Crippen LogP contribution in [0.25, 0.3) is 0 Å². The molecule has 0 aliphatic carbocycles. The molecule has 0 atom stereocenters. The standard InChI is InChI=1S/C19H21F17O/c20-12(21,10-8-6-4-2-1-3-5-7-9-11-37)13(22,23)14(24,25)15(26,27)16(28,29)17(30,31)18(32,33)19(34,35)36/h11H,1-10H2. The molecule has 1 nitrogen and oxygen atoms in total. The Hall–Kier alpha value is -1.52. The maximum Gasteiger partial charge on any atom is 0.460 e. The Balaban J connectivity index is 5.59. The van der Waals surface area contributed by atoms with E-state index in [-0.39, 0.29) is 6.42 Å². The van der Waals surface area contributed by atoms with Crippen molar-refractivity contribution in [2.24, 2.45) is 0 Å². The van der Waals surface area contributed by atoms with E-state index in [1.807, 2.05) is 0 Å². The number of alkyl halides is 17. The number of unbranched alkanes of at least 4 members (excludes halogenated alkanes) is 8. The number of carbonyl (C=O) groups is 1. The van der Waals surface area contributed by atoms with Gasteiger partial charge >= 0.3 is 47.6 Å². The van der Waals surface area contributed by atoms with Crippen molar-refractivity contribution in [1.29, 1.82) is 0 Å². The van der Waals surface area contributed by atoms with Gasteiger partial charge in [-0.3, -0.25) is 0 Å². The Labute approximate surface area is 198 Å². The van der Waals surface area contributed by atoms with Crippen LogP contribution < -0.4 is 0 Å². The highest BCUT2D eigenvalue weighted by Crippen LogP contribution is 2.64. The van der Waals surface area contributed by atoms with Gasteiger partial charge in [0.25, 0.3) is 0 Å². The molecule has 37 heavy (non-hydrogen) atoms. The maximum atomic E-state index is 13.7. The number of halogens is 17. The second kappa shape index (κ2) is 11.7. The Bertz CT molecular complexity index is 727. The quantitative estimate of drug-likeness (QED) is 0.0942. The zero-order valence-corrected chi connectivity index (χ0v) is 18.5. The first-order valence-electron chi connectivity index (χ1n) is 10.5. The fourth-order valence-electron chi connectivity index (χ4n) is 2.99. The molecule has 0 aromatic rings. The van der Waals surface area contributed by atoms with Gasteiger partial charge in [-0.1, -0.05) is 38.5 Å². The van der Waals surface area contributed by atoms with Crippen LogP contribution in [0.5, 0.6) is 0 Å². The minimum atomic E-state index is -8.59. The van der Waals surface area contributed by atoms with Crippen LogP contribution >= 0.6 is 0 Å². The van der Waals surface area contributed by atoms with Crippen LogP contribution in [-0.2, 0) is 4.79 Å². The summed E-state index contributed by atoms with van der Waals surface area (Å²) in [6.07, 6.45) is -8.10. The third-order valence-electron chi connectivity index (χ3n) is 5.35. The van der Waals surface area contributed by atoms with E-state index in [4.69, 9.17) is 0 Å². The van der Waals surface area contributed by atoms with Crippen LogP contribution in [0.15, 0.2) is 0 Å². The van der Waals surface area contributed by atoms with Gasteiger partial charge in [-0.2, -0.15) is 74.6 Å². The summed E-state index contributed by atoms with van der Waals surface area (Å²) < 4.78 is 224. The van der Waals surface area contributed by atoms with Crippen molar-refractivity contribution in [1.82, 2.24) is 0 Å². The highest BCUT2D eigenvalue weighted by Gasteiger charge is 2.95. The van der Waals surface area contributed by atoms with E-state index in [9.17, 15) is 79.4 Å². The third kappa shape index (κ3) is 6.56. The van der Waals surface area contributed by atoms with Crippen molar-refractivity contribution in [3.63, 3.8) is 0 Å². The first kappa shape index (κ1) is 35.5. The summed E-state index contributed by atoms with van der Waals surface area (Å²) in [5, 5.41) is 0. The lowest BCUT2D eigenvalue weighted by molar-refractivity contribution is -0.461. The van der Waals surface area contributed by atoms with E-state index < -0.39 is 66.9 Å². The molecule has 0 radical (unpaired) electrons. The molecule has 0 aliphatic rings. The second-order valence-corrected chi connectivity index (χ2v) is 8.18. The van der Waals surface area contributed by atoms with Crippen molar-refractivity contribution in [3.05, 3.63) is 0 Å². The average Bonchev–Trinajstić information content (AvgIpc) is 2.73. The Morgan fingerprint density at radius 2 is 0.676 bits per heavy atom. The normalized spacial score (nSPS) is 15.3. The zero-order chi connectivity index (χ0) is 29.8. The van der Waals surface area contributed by atoms with Gasteiger partial charge in [-0.05, 0) is 12.8 Å². The van der Waals surface area contributed by atoms with Crippen molar-refractivity contribution >= 4 is 6.29 Å². The number of aldehydes is 1. The number of carbonyl (C=O) groups excluding carboxylic acids is 1. The van der Waals surface area contributed by atoms with Gasteiger partial charge in [0.1, 0.15) is 6.29 Å². The molecule has 0 rings (SSSR count). The summed E-state index contributed by atoms with van der Waals surface area (Å²) in [5.74, 6) is -55.8. The summed E-state index contributed by atoms with van der Waals surface area (Å²) in [4.78, 5) is 10.1. The van der Waals surface area contributed by atoms with Crippen molar-refractivity contribution in [3.8, 4) is 0 Å². The molecule has 0 aromatic carbocycles. The smallest absolute Gasteiger partial charge is 0.303 e. The minimum absolute atomic E-state index is 0.0265. The minimum Gasteiger partial charge on any atom is -0.303 e. The largest absolute Gasteiger partial charge is 0.460 e. The summed E-state index contributed by atoms with van der Waals surface area (Å²) in [5.41, 5.74) is 0. The zero-order valence-electron chi connectivity index (χ0n) is 18.5. The molecule has 0 unspecified atom stereocenters. The van der Waals surface area contributed by atoms with Gasteiger partial charge in [-0.15, -0.1) is 0 Å². The van der Waals surface area contributed by atoms with Crippen molar-refractivity contribution < 1.29 is 79.4 Å². The Kier molecular flexibility index (Phi) is 11.2. The molecule has 0 amide bonds. The molecule has 222 valence electrons. The average molecular weight is 588 g/mol. The molecule has 0 spiro atoms. The van der Waals surface area contributed by atoms with Crippen LogP contribution in [0, 0.1) is 0 Å². The predicted molar refractivity (Wildman–Crippen MR) is 92.9 cm³/mol. The number of rotatable bonds is 17. The Morgan fingerprint density at radius 1 is 0.378 bits per heavy atom. The molecule has 18 heteroatoms. The second-order valence-electron chi connectivity index (χ2n) is 8.18. The molecule has 0 aromatic heterocycles. The van der Waals surface area contributed by atoms with Crippen molar-refractivity contribution in [2.45, 2.75) is 112 Å². The summed E-state index contributed by atoms with van der Waals surface area (Å²) in [6, 6.07) is 0. The highest BCUT2D eigenvalue weighted by molar-refractivity contribution is 5.48. The first-order valence-corrected chi connectivity index (χ1v) is 10.5. The van der Waals surface area contributed by atoms with Gasteiger partial charge in [0.15, 0.2) is 0 Å². The van der Waals surface area contributed by atoms with E-state index in [1.165, 1.54) is 0 Å². The number of hydrogen-bond donors (Lipinski definition) is 0. The van der Waals surface area contributed by atoms with E-state index >= 15 is 0 Å². The maximum absolute atomic E-state index is 13.7. The van der Waals surface area contributed by atoms with Crippen LogP contribution in [-0.4, -0.2) is 53.9 Å². The molecule has 0 fully saturated rings. The first-order chi connectivity index (χ1) is 16.3. The monoisotopic (exact) mass is 588 g/mol. The third-order valence-corrected chi connectivity index (χ3v) is 5.35. The molecule has 0 saturated heterocycles. The van der Waals surface area contributed by atoms with Gasteiger partial charge < -0.3 is 4.79 Å². The van der Waals surface area contributed by atoms with Crippen LogP contribution in [0.2, 0.25) is 0 Å². The summed E-state index contributed by atoms with van der Waals surface area (Å²) >= 11 is 0. The van der Waals surface area contributed by atoms with Crippen LogP contribution in [0.1, 0.15) is 64.2 Å². The molecule has 0 bridgehead atoms. The molecule has 0 N–H and O–H groups in total. The summed E-state index contributed by atoms with van der Waals surface area (Å²) in [6.45, 7) is 0. The molecule has 0 heterocycles. The van der Waals surface area contributed by atoms with E-state index in [2.05, 4.69) is 0 Å². The topological polar surface area (TPSA) is 17.1 Å². The van der Waals surface area contributed by atoms with E-state index in [0.717, 1.165) is 0 Å². The molecular formula is C19H21F17O. The highest BCUT2D eigenvalue weighted by atomic mass is 19.4. The molecule has 0 saturated carbocycles. The lowest BCUT2D eigenvalue weighted by Gasteiger charge is -2.42. The molecule has 0 aliphatic heterocycles. The SMILES string of the molecule is O=CCCCCCCCCCCC(F)(F)C(F)(F)C(F)(F)C(F)(F)C(F)(F)C(F)(F)C(F)(F)C(F)(F)F. The van der Waals surface area contributed by atoms with Gasteiger partial charge in [-0.25, -0.2) is 0 Å².